The lowest BCUT2D eigenvalue weighted by molar-refractivity contribution is 0.235. The van der Waals surface area contributed by atoms with Gasteiger partial charge in [0.15, 0.2) is 0 Å². The summed E-state index contributed by atoms with van der Waals surface area (Å²) >= 11 is 0. The third kappa shape index (κ3) is 4.73. The largest absolute Gasteiger partial charge is 0.497 e. The molecule has 1 unspecified atom stereocenters. The first-order chi connectivity index (χ1) is 13.3. The predicted octanol–water partition coefficient (Wildman–Crippen LogP) is 3.49. The lowest BCUT2D eigenvalue weighted by atomic mass is 9.95. The van der Waals surface area contributed by atoms with Crippen LogP contribution in [0.3, 0.4) is 0 Å². The number of nitrogens with zero attached hydrogens (tertiary/aromatic N) is 1. The van der Waals surface area contributed by atoms with E-state index in [0.717, 1.165) is 55.4 Å². The quantitative estimate of drug-likeness (QED) is 0.808. The molecule has 0 radical (unpaired) electrons. The first kappa shape index (κ1) is 19.5. The van der Waals surface area contributed by atoms with Crippen LogP contribution in [0.1, 0.15) is 30.5 Å². The van der Waals surface area contributed by atoms with Crippen molar-refractivity contribution in [3.63, 3.8) is 0 Å². The van der Waals surface area contributed by atoms with Gasteiger partial charge in [-0.05, 0) is 49.7 Å². The van der Waals surface area contributed by atoms with Crippen molar-refractivity contribution in [3.05, 3.63) is 53.6 Å². The van der Waals surface area contributed by atoms with Crippen LogP contribution < -0.4 is 19.5 Å². The highest BCUT2D eigenvalue weighted by molar-refractivity contribution is 5.47. The maximum atomic E-state index is 5.76. The molecular weight excluding hydrogens is 340 g/mol. The summed E-state index contributed by atoms with van der Waals surface area (Å²) in [6.07, 6.45) is 1.13. The highest BCUT2D eigenvalue weighted by Crippen LogP contribution is 2.38. The Kier molecular flexibility index (Phi) is 6.96. The summed E-state index contributed by atoms with van der Waals surface area (Å²) in [5.74, 6) is 2.55. The number of methoxy groups -OCH3 is 2. The highest BCUT2D eigenvalue weighted by Gasteiger charge is 2.26. The SMILES string of the molecule is CCOc1cccc(C(c2ccc(OC)cc2OC)N2CCCNCC2)c1. The van der Waals surface area contributed by atoms with Crippen LogP contribution in [0.25, 0.3) is 0 Å². The van der Waals surface area contributed by atoms with E-state index >= 15 is 0 Å². The molecule has 146 valence electrons. The fraction of sp³-hybridized carbons (Fsp3) is 0.455. The molecule has 5 nitrogen and oxygen atoms in total. The zero-order chi connectivity index (χ0) is 19.1. The Morgan fingerprint density at radius 1 is 1.00 bits per heavy atom. The van der Waals surface area contributed by atoms with Crippen molar-refractivity contribution in [2.24, 2.45) is 0 Å². The second-order valence-corrected chi connectivity index (χ2v) is 6.66. The van der Waals surface area contributed by atoms with E-state index in [9.17, 15) is 0 Å². The van der Waals surface area contributed by atoms with Crippen LogP contribution in [-0.4, -0.2) is 51.9 Å². The minimum atomic E-state index is 0.103. The van der Waals surface area contributed by atoms with E-state index in [1.54, 1.807) is 14.2 Å². The van der Waals surface area contributed by atoms with Gasteiger partial charge >= 0.3 is 0 Å². The molecular formula is C22H30N2O3. The first-order valence-corrected chi connectivity index (χ1v) is 9.66. The predicted molar refractivity (Wildman–Crippen MR) is 108 cm³/mol. The maximum absolute atomic E-state index is 5.76. The zero-order valence-electron chi connectivity index (χ0n) is 16.5. The Hall–Kier alpha value is -2.24. The summed E-state index contributed by atoms with van der Waals surface area (Å²) < 4.78 is 16.9. The van der Waals surface area contributed by atoms with Crippen LogP contribution in [0.15, 0.2) is 42.5 Å². The van der Waals surface area contributed by atoms with E-state index in [4.69, 9.17) is 14.2 Å². The smallest absolute Gasteiger partial charge is 0.127 e. The second kappa shape index (κ2) is 9.62. The van der Waals surface area contributed by atoms with Crippen LogP contribution in [0.2, 0.25) is 0 Å². The Morgan fingerprint density at radius 2 is 1.89 bits per heavy atom. The molecule has 5 heteroatoms. The molecule has 2 aromatic rings. The number of hydrogen-bond acceptors (Lipinski definition) is 5. The summed E-state index contributed by atoms with van der Waals surface area (Å²) in [4.78, 5) is 2.52. The lowest BCUT2D eigenvalue weighted by Gasteiger charge is -2.32. The molecule has 1 N–H and O–H groups in total. The van der Waals surface area contributed by atoms with Gasteiger partial charge in [-0.2, -0.15) is 0 Å². The summed E-state index contributed by atoms with van der Waals surface area (Å²) in [5, 5.41) is 3.50. The average Bonchev–Trinajstić information content (AvgIpc) is 2.98. The van der Waals surface area contributed by atoms with E-state index in [0.29, 0.717) is 6.61 Å². The standard InChI is InChI=1S/C22H30N2O3/c1-4-27-19-8-5-7-17(15-19)22(24-13-6-11-23-12-14-24)20-10-9-18(25-2)16-21(20)26-3/h5,7-10,15-16,22-23H,4,6,11-14H2,1-3H3. The van der Waals surface area contributed by atoms with E-state index in [2.05, 4.69) is 34.5 Å². The number of ether oxygens (including phenoxy) is 3. The molecule has 0 spiro atoms. The summed E-state index contributed by atoms with van der Waals surface area (Å²) in [6, 6.07) is 14.6. The van der Waals surface area contributed by atoms with Gasteiger partial charge in [-0.15, -0.1) is 0 Å². The van der Waals surface area contributed by atoms with Crippen LogP contribution in [0.4, 0.5) is 0 Å². The van der Waals surface area contributed by atoms with Crippen molar-refractivity contribution in [3.8, 4) is 17.2 Å². The van der Waals surface area contributed by atoms with E-state index < -0.39 is 0 Å². The normalized spacial score (nSPS) is 16.4. The molecule has 1 aliphatic heterocycles. The molecule has 3 rings (SSSR count). The fourth-order valence-electron chi connectivity index (χ4n) is 3.70. The molecule has 1 aliphatic rings. The van der Waals surface area contributed by atoms with Crippen molar-refractivity contribution >= 4 is 0 Å². The van der Waals surface area contributed by atoms with Gasteiger partial charge in [0.2, 0.25) is 0 Å². The number of nitrogens with one attached hydrogen (secondary N) is 1. The van der Waals surface area contributed by atoms with E-state index in [1.165, 1.54) is 5.56 Å². The topological polar surface area (TPSA) is 43.0 Å². The average molecular weight is 370 g/mol. The molecule has 1 atom stereocenters. The van der Waals surface area contributed by atoms with Crippen LogP contribution in [-0.2, 0) is 0 Å². The van der Waals surface area contributed by atoms with Gasteiger partial charge in [0.05, 0.1) is 26.9 Å². The zero-order valence-corrected chi connectivity index (χ0v) is 16.5. The van der Waals surface area contributed by atoms with Crippen molar-refractivity contribution in [2.75, 3.05) is 47.0 Å². The van der Waals surface area contributed by atoms with Crippen molar-refractivity contribution in [1.82, 2.24) is 10.2 Å². The Labute approximate surface area is 162 Å². The summed E-state index contributed by atoms with van der Waals surface area (Å²) in [6.45, 7) is 6.73. The van der Waals surface area contributed by atoms with Gasteiger partial charge < -0.3 is 19.5 Å². The fourth-order valence-corrected chi connectivity index (χ4v) is 3.70. The summed E-state index contributed by atoms with van der Waals surface area (Å²) in [5.41, 5.74) is 2.36. The maximum Gasteiger partial charge on any atom is 0.127 e. The van der Waals surface area contributed by atoms with Gasteiger partial charge in [0.25, 0.3) is 0 Å². The van der Waals surface area contributed by atoms with Crippen LogP contribution >= 0.6 is 0 Å². The number of rotatable bonds is 7. The highest BCUT2D eigenvalue weighted by atomic mass is 16.5. The number of hydrogen-bond donors (Lipinski definition) is 1. The van der Waals surface area contributed by atoms with E-state index in [-0.39, 0.29) is 6.04 Å². The van der Waals surface area contributed by atoms with Gasteiger partial charge in [0.1, 0.15) is 17.2 Å². The lowest BCUT2D eigenvalue weighted by Crippen LogP contribution is -2.33. The van der Waals surface area contributed by atoms with Gasteiger partial charge in [-0.1, -0.05) is 12.1 Å². The second-order valence-electron chi connectivity index (χ2n) is 6.66. The van der Waals surface area contributed by atoms with Crippen molar-refractivity contribution < 1.29 is 14.2 Å². The first-order valence-electron chi connectivity index (χ1n) is 9.66. The molecule has 0 aromatic heterocycles. The van der Waals surface area contributed by atoms with Gasteiger partial charge in [-0.3, -0.25) is 4.90 Å². The minimum Gasteiger partial charge on any atom is -0.497 e. The van der Waals surface area contributed by atoms with Crippen LogP contribution in [0.5, 0.6) is 17.2 Å². The Balaban J connectivity index is 2.06. The van der Waals surface area contributed by atoms with Gasteiger partial charge in [0, 0.05) is 31.3 Å². The van der Waals surface area contributed by atoms with E-state index in [1.807, 2.05) is 25.1 Å². The number of benzene rings is 2. The molecule has 0 amide bonds. The molecule has 0 bridgehead atoms. The molecule has 0 saturated carbocycles. The Morgan fingerprint density at radius 3 is 2.67 bits per heavy atom. The molecule has 1 heterocycles. The Bertz CT molecular complexity index is 727. The van der Waals surface area contributed by atoms with Crippen molar-refractivity contribution in [2.45, 2.75) is 19.4 Å². The molecule has 1 saturated heterocycles. The van der Waals surface area contributed by atoms with Crippen molar-refractivity contribution in [1.29, 1.82) is 0 Å². The third-order valence-corrected chi connectivity index (χ3v) is 4.96. The molecule has 0 aliphatic carbocycles. The molecule has 27 heavy (non-hydrogen) atoms. The summed E-state index contributed by atoms with van der Waals surface area (Å²) in [7, 11) is 3.40. The van der Waals surface area contributed by atoms with Crippen LogP contribution in [0, 0.1) is 0 Å². The molecule has 1 fully saturated rings. The third-order valence-electron chi connectivity index (χ3n) is 4.96. The monoisotopic (exact) mass is 370 g/mol. The van der Waals surface area contributed by atoms with Gasteiger partial charge in [-0.25, -0.2) is 0 Å². The molecule has 2 aromatic carbocycles. The minimum absolute atomic E-state index is 0.103.